The first-order chi connectivity index (χ1) is 13.3. The van der Waals surface area contributed by atoms with Crippen LogP contribution >= 0.6 is 11.3 Å². The van der Waals surface area contributed by atoms with Gasteiger partial charge < -0.3 is 15.4 Å². The lowest BCUT2D eigenvalue weighted by Crippen LogP contribution is -2.16. The van der Waals surface area contributed by atoms with Gasteiger partial charge in [-0.2, -0.15) is 0 Å². The summed E-state index contributed by atoms with van der Waals surface area (Å²) in [6, 6.07) is 6.78. The Morgan fingerprint density at radius 2 is 2.07 bits per heavy atom. The molecule has 1 atom stereocenters. The molecule has 1 amide bonds. The number of aryl methyl sites for hydroxylation is 3. The van der Waals surface area contributed by atoms with Crippen molar-refractivity contribution in [3.05, 3.63) is 56.4 Å². The van der Waals surface area contributed by atoms with Crippen molar-refractivity contribution in [1.82, 2.24) is 9.97 Å². The average molecular weight is 399 g/mol. The molecule has 0 aliphatic heterocycles. The van der Waals surface area contributed by atoms with E-state index < -0.39 is 11.9 Å². The molecule has 1 aromatic carbocycles. The molecule has 0 spiro atoms. The van der Waals surface area contributed by atoms with E-state index >= 15 is 0 Å². The molecular weight excluding hydrogens is 378 g/mol. The van der Waals surface area contributed by atoms with Crippen molar-refractivity contribution in [3.63, 3.8) is 0 Å². The molecule has 0 fully saturated rings. The SMILES string of the molecule is Cc1sc2nc(CCC(=O)Nc3cccc(C(C)C(=O)O)c3)[nH]c(=O)c2c1C. The van der Waals surface area contributed by atoms with Gasteiger partial charge in [-0.05, 0) is 44.0 Å². The van der Waals surface area contributed by atoms with E-state index in [1.54, 1.807) is 31.2 Å². The fourth-order valence-corrected chi connectivity index (χ4v) is 3.95. The largest absolute Gasteiger partial charge is 0.481 e. The third kappa shape index (κ3) is 4.12. The van der Waals surface area contributed by atoms with E-state index in [9.17, 15) is 14.4 Å². The van der Waals surface area contributed by atoms with Gasteiger partial charge in [0.25, 0.3) is 5.56 Å². The molecule has 0 bridgehead atoms. The first-order valence-electron chi connectivity index (χ1n) is 8.87. The van der Waals surface area contributed by atoms with Gasteiger partial charge in [0.05, 0.1) is 11.3 Å². The summed E-state index contributed by atoms with van der Waals surface area (Å²) in [5, 5.41) is 12.5. The highest BCUT2D eigenvalue weighted by Gasteiger charge is 2.15. The monoisotopic (exact) mass is 399 g/mol. The number of carboxylic acid groups (broad SMARTS) is 1. The average Bonchev–Trinajstić information content (AvgIpc) is 2.94. The fourth-order valence-electron chi connectivity index (χ4n) is 2.90. The second-order valence-corrected chi connectivity index (χ2v) is 7.91. The number of hydrogen-bond donors (Lipinski definition) is 3. The van der Waals surface area contributed by atoms with E-state index in [1.165, 1.54) is 11.3 Å². The minimum atomic E-state index is -0.923. The summed E-state index contributed by atoms with van der Waals surface area (Å²) < 4.78 is 0. The summed E-state index contributed by atoms with van der Waals surface area (Å²) >= 11 is 1.47. The quantitative estimate of drug-likeness (QED) is 0.588. The number of thiophene rings is 1. The Morgan fingerprint density at radius 1 is 1.32 bits per heavy atom. The molecule has 3 N–H and O–H groups in total. The van der Waals surface area contributed by atoms with Crippen LogP contribution in [0.25, 0.3) is 10.2 Å². The van der Waals surface area contributed by atoms with Crippen LogP contribution in [0.3, 0.4) is 0 Å². The number of rotatable bonds is 6. The van der Waals surface area contributed by atoms with E-state index in [4.69, 9.17) is 5.11 Å². The van der Waals surface area contributed by atoms with Crippen LogP contribution in [0.4, 0.5) is 5.69 Å². The number of aliphatic carboxylic acids is 1. The number of aromatic nitrogens is 2. The Hall–Kier alpha value is -3.00. The van der Waals surface area contributed by atoms with Crippen LogP contribution in [0.2, 0.25) is 0 Å². The van der Waals surface area contributed by atoms with Gasteiger partial charge in [0.2, 0.25) is 5.91 Å². The highest BCUT2D eigenvalue weighted by molar-refractivity contribution is 7.18. The number of carbonyl (C=O) groups is 2. The minimum absolute atomic E-state index is 0.149. The normalized spacial score (nSPS) is 12.1. The Bertz CT molecular complexity index is 1120. The summed E-state index contributed by atoms with van der Waals surface area (Å²) in [5.74, 6) is -1.34. The van der Waals surface area contributed by atoms with Crippen LogP contribution < -0.4 is 10.9 Å². The molecule has 28 heavy (non-hydrogen) atoms. The highest BCUT2D eigenvalue weighted by Crippen LogP contribution is 2.25. The molecule has 0 radical (unpaired) electrons. The van der Waals surface area contributed by atoms with Crippen molar-refractivity contribution in [2.24, 2.45) is 0 Å². The van der Waals surface area contributed by atoms with Crippen LogP contribution in [-0.4, -0.2) is 27.0 Å². The topological polar surface area (TPSA) is 112 Å². The third-order valence-electron chi connectivity index (χ3n) is 4.72. The zero-order chi connectivity index (χ0) is 20.4. The molecule has 8 heteroatoms. The van der Waals surface area contributed by atoms with Crippen LogP contribution in [0.5, 0.6) is 0 Å². The molecule has 3 rings (SSSR count). The van der Waals surface area contributed by atoms with Crippen molar-refractivity contribution in [2.75, 3.05) is 5.32 Å². The Labute approximate surface area is 165 Å². The molecule has 146 valence electrons. The second-order valence-electron chi connectivity index (χ2n) is 6.71. The molecule has 3 aromatic rings. The lowest BCUT2D eigenvalue weighted by Gasteiger charge is -2.10. The summed E-state index contributed by atoms with van der Waals surface area (Å²) in [7, 11) is 0. The number of nitrogens with one attached hydrogen (secondary N) is 2. The minimum Gasteiger partial charge on any atom is -0.481 e. The van der Waals surface area contributed by atoms with Gasteiger partial charge in [0.15, 0.2) is 0 Å². The van der Waals surface area contributed by atoms with Crippen molar-refractivity contribution < 1.29 is 14.7 Å². The van der Waals surface area contributed by atoms with E-state index in [-0.39, 0.29) is 17.9 Å². The van der Waals surface area contributed by atoms with Crippen molar-refractivity contribution >= 4 is 39.1 Å². The summed E-state index contributed by atoms with van der Waals surface area (Å²) in [6.07, 6.45) is 0.453. The number of hydrogen-bond acceptors (Lipinski definition) is 5. The molecule has 0 saturated carbocycles. The number of amides is 1. The molecule has 7 nitrogen and oxygen atoms in total. The van der Waals surface area contributed by atoms with Gasteiger partial charge >= 0.3 is 5.97 Å². The molecule has 0 aliphatic carbocycles. The van der Waals surface area contributed by atoms with Gasteiger partial charge in [-0.3, -0.25) is 14.4 Å². The van der Waals surface area contributed by atoms with E-state index in [1.807, 2.05) is 13.8 Å². The zero-order valence-corrected chi connectivity index (χ0v) is 16.6. The highest BCUT2D eigenvalue weighted by atomic mass is 32.1. The molecular formula is C20H21N3O4S. The van der Waals surface area contributed by atoms with Gasteiger partial charge in [-0.1, -0.05) is 12.1 Å². The van der Waals surface area contributed by atoms with Crippen LogP contribution in [0, 0.1) is 13.8 Å². The van der Waals surface area contributed by atoms with E-state index in [2.05, 4.69) is 15.3 Å². The number of aromatic amines is 1. The Kier molecular flexibility index (Phi) is 5.60. The predicted octanol–water partition coefficient (Wildman–Crippen LogP) is 3.36. The van der Waals surface area contributed by atoms with Crippen LogP contribution in [0.15, 0.2) is 29.1 Å². The van der Waals surface area contributed by atoms with Crippen molar-refractivity contribution in [2.45, 2.75) is 39.5 Å². The summed E-state index contributed by atoms with van der Waals surface area (Å²) in [4.78, 5) is 44.6. The fraction of sp³-hybridized carbons (Fsp3) is 0.300. The first-order valence-corrected chi connectivity index (χ1v) is 9.69. The maximum atomic E-state index is 12.3. The van der Waals surface area contributed by atoms with Gasteiger partial charge in [0.1, 0.15) is 10.7 Å². The van der Waals surface area contributed by atoms with E-state index in [0.717, 1.165) is 10.4 Å². The Balaban J connectivity index is 1.68. The number of carboxylic acids is 1. The first kappa shape index (κ1) is 19.8. The predicted molar refractivity (Wildman–Crippen MR) is 109 cm³/mol. The van der Waals surface area contributed by atoms with Crippen molar-refractivity contribution in [1.29, 1.82) is 0 Å². The van der Waals surface area contributed by atoms with Crippen LogP contribution in [-0.2, 0) is 16.0 Å². The molecule has 2 heterocycles. The standard InChI is InChI=1S/C20H21N3O4S/c1-10-12(3)28-19-17(10)18(25)22-15(23-19)7-8-16(24)21-14-6-4-5-13(9-14)11(2)20(26)27/h4-6,9,11H,7-8H2,1-3H3,(H,21,24)(H,26,27)(H,22,23,25). The number of H-pyrrole nitrogens is 1. The number of fused-ring (bicyclic) bond motifs is 1. The smallest absolute Gasteiger partial charge is 0.310 e. The number of nitrogens with zero attached hydrogens (tertiary/aromatic N) is 1. The summed E-state index contributed by atoms with van der Waals surface area (Å²) in [5.41, 5.74) is 1.91. The maximum absolute atomic E-state index is 12.3. The molecule has 0 saturated heterocycles. The third-order valence-corrected chi connectivity index (χ3v) is 5.82. The maximum Gasteiger partial charge on any atom is 0.310 e. The van der Waals surface area contributed by atoms with Crippen LogP contribution in [0.1, 0.15) is 41.1 Å². The van der Waals surface area contributed by atoms with Gasteiger partial charge in [-0.25, -0.2) is 4.98 Å². The molecule has 2 aromatic heterocycles. The lowest BCUT2D eigenvalue weighted by molar-refractivity contribution is -0.138. The summed E-state index contributed by atoms with van der Waals surface area (Å²) in [6.45, 7) is 5.44. The van der Waals surface area contributed by atoms with Gasteiger partial charge in [-0.15, -0.1) is 11.3 Å². The van der Waals surface area contributed by atoms with E-state index in [0.29, 0.717) is 33.7 Å². The zero-order valence-electron chi connectivity index (χ0n) is 15.8. The Morgan fingerprint density at radius 3 is 2.79 bits per heavy atom. The van der Waals surface area contributed by atoms with Gasteiger partial charge in [0, 0.05) is 23.4 Å². The number of carbonyl (C=O) groups excluding carboxylic acids is 1. The number of anilines is 1. The molecule has 0 aliphatic rings. The lowest BCUT2D eigenvalue weighted by atomic mass is 10.0. The van der Waals surface area contributed by atoms with Crippen molar-refractivity contribution in [3.8, 4) is 0 Å². The second kappa shape index (κ2) is 7.93. The number of benzene rings is 1. The molecule has 1 unspecified atom stereocenters.